The SMILES string of the molecule is CCCCNC(=O)C(C)N1CCCC1CC(=O)O. The second-order valence-corrected chi connectivity index (χ2v) is 4.95. The van der Waals surface area contributed by atoms with Gasteiger partial charge in [0, 0.05) is 12.6 Å². The van der Waals surface area contributed by atoms with E-state index in [4.69, 9.17) is 5.11 Å². The number of nitrogens with zero attached hydrogens (tertiary/aromatic N) is 1. The zero-order valence-electron chi connectivity index (χ0n) is 11.3. The molecule has 1 aliphatic heterocycles. The predicted octanol–water partition coefficient (Wildman–Crippen LogP) is 1.23. The average molecular weight is 256 g/mol. The van der Waals surface area contributed by atoms with Crippen LogP contribution >= 0.6 is 0 Å². The van der Waals surface area contributed by atoms with Crippen molar-refractivity contribution in [2.75, 3.05) is 13.1 Å². The van der Waals surface area contributed by atoms with E-state index in [1.54, 1.807) is 0 Å². The van der Waals surface area contributed by atoms with Crippen molar-refractivity contribution in [3.05, 3.63) is 0 Å². The summed E-state index contributed by atoms with van der Waals surface area (Å²) in [6.07, 6.45) is 4.02. The number of carboxylic acid groups (broad SMARTS) is 1. The third kappa shape index (κ3) is 4.29. The lowest BCUT2D eigenvalue weighted by Gasteiger charge is -2.28. The van der Waals surface area contributed by atoms with Gasteiger partial charge in [0.2, 0.25) is 5.91 Å². The van der Waals surface area contributed by atoms with Crippen molar-refractivity contribution in [3.63, 3.8) is 0 Å². The number of carbonyl (C=O) groups excluding carboxylic acids is 1. The van der Waals surface area contributed by atoms with E-state index in [0.29, 0.717) is 6.54 Å². The lowest BCUT2D eigenvalue weighted by atomic mass is 10.1. The molecule has 0 radical (unpaired) electrons. The first kappa shape index (κ1) is 15.0. The highest BCUT2D eigenvalue weighted by Gasteiger charge is 2.32. The van der Waals surface area contributed by atoms with E-state index in [-0.39, 0.29) is 24.4 Å². The molecule has 1 fully saturated rings. The summed E-state index contributed by atoms with van der Waals surface area (Å²) in [5, 5.41) is 11.8. The van der Waals surface area contributed by atoms with Gasteiger partial charge in [0.1, 0.15) is 0 Å². The molecule has 0 aromatic rings. The van der Waals surface area contributed by atoms with E-state index in [1.165, 1.54) is 0 Å². The first-order valence-corrected chi connectivity index (χ1v) is 6.81. The van der Waals surface area contributed by atoms with Crippen LogP contribution in [0.1, 0.15) is 46.0 Å². The Balaban J connectivity index is 2.45. The monoisotopic (exact) mass is 256 g/mol. The largest absolute Gasteiger partial charge is 0.481 e. The van der Waals surface area contributed by atoms with Crippen LogP contribution in [-0.4, -0.2) is 47.1 Å². The van der Waals surface area contributed by atoms with Crippen LogP contribution in [-0.2, 0) is 9.59 Å². The maximum absolute atomic E-state index is 11.9. The molecule has 0 aromatic carbocycles. The maximum atomic E-state index is 11.9. The number of hydrogen-bond donors (Lipinski definition) is 2. The maximum Gasteiger partial charge on any atom is 0.304 e. The molecule has 5 nitrogen and oxygen atoms in total. The number of likely N-dealkylation sites (tertiary alicyclic amines) is 1. The quantitative estimate of drug-likeness (QED) is 0.672. The fourth-order valence-electron chi connectivity index (χ4n) is 2.48. The van der Waals surface area contributed by atoms with E-state index >= 15 is 0 Å². The summed E-state index contributed by atoms with van der Waals surface area (Å²) in [6, 6.07) is -0.219. The van der Waals surface area contributed by atoms with Gasteiger partial charge >= 0.3 is 5.97 Å². The molecule has 2 unspecified atom stereocenters. The van der Waals surface area contributed by atoms with Crippen LogP contribution in [0.4, 0.5) is 0 Å². The molecule has 18 heavy (non-hydrogen) atoms. The average Bonchev–Trinajstić information content (AvgIpc) is 2.75. The van der Waals surface area contributed by atoms with Crippen molar-refractivity contribution in [1.29, 1.82) is 0 Å². The van der Waals surface area contributed by atoms with Crippen LogP contribution in [0.5, 0.6) is 0 Å². The second-order valence-electron chi connectivity index (χ2n) is 4.95. The summed E-state index contributed by atoms with van der Waals surface area (Å²) in [5.74, 6) is -0.772. The molecule has 2 N–H and O–H groups in total. The van der Waals surface area contributed by atoms with E-state index in [9.17, 15) is 9.59 Å². The molecule has 1 aliphatic rings. The lowest BCUT2D eigenvalue weighted by Crippen LogP contribution is -2.47. The van der Waals surface area contributed by atoms with Gasteiger partial charge in [-0.3, -0.25) is 14.5 Å². The van der Waals surface area contributed by atoms with Crippen molar-refractivity contribution >= 4 is 11.9 Å². The van der Waals surface area contributed by atoms with Gasteiger partial charge in [-0.1, -0.05) is 13.3 Å². The summed E-state index contributed by atoms with van der Waals surface area (Å²) in [7, 11) is 0. The van der Waals surface area contributed by atoms with Crippen molar-refractivity contribution in [2.24, 2.45) is 0 Å². The van der Waals surface area contributed by atoms with Gasteiger partial charge in [-0.15, -0.1) is 0 Å². The van der Waals surface area contributed by atoms with Crippen molar-refractivity contribution in [2.45, 2.75) is 58.0 Å². The molecule has 0 saturated carbocycles. The molecular formula is C13H24N2O3. The number of hydrogen-bond acceptors (Lipinski definition) is 3. The van der Waals surface area contributed by atoms with E-state index in [0.717, 1.165) is 32.2 Å². The minimum absolute atomic E-state index is 0.00873. The molecule has 104 valence electrons. The smallest absolute Gasteiger partial charge is 0.304 e. The molecular weight excluding hydrogens is 232 g/mol. The van der Waals surface area contributed by atoms with Crippen LogP contribution in [0.25, 0.3) is 0 Å². The molecule has 1 heterocycles. The van der Waals surface area contributed by atoms with Crippen molar-refractivity contribution in [1.82, 2.24) is 10.2 Å². The summed E-state index contributed by atoms with van der Waals surface area (Å²) < 4.78 is 0. The van der Waals surface area contributed by atoms with Crippen LogP contribution in [0.2, 0.25) is 0 Å². The normalized spacial score (nSPS) is 21.8. The predicted molar refractivity (Wildman–Crippen MR) is 69.4 cm³/mol. The van der Waals surface area contributed by atoms with Crippen LogP contribution in [0, 0.1) is 0 Å². The topological polar surface area (TPSA) is 69.6 Å². The van der Waals surface area contributed by atoms with Gasteiger partial charge in [0.05, 0.1) is 12.5 Å². The Morgan fingerprint density at radius 1 is 1.50 bits per heavy atom. The standard InChI is InChI=1S/C13H24N2O3/c1-3-4-7-14-13(18)10(2)15-8-5-6-11(15)9-12(16)17/h10-11H,3-9H2,1-2H3,(H,14,18)(H,16,17). The summed E-state index contributed by atoms with van der Waals surface area (Å²) in [5.41, 5.74) is 0. The number of carboxylic acids is 1. The second kappa shape index (κ2) is 7.36. The highest BCUT2D eigenvalue weighted by atomic mass is 16.4. The van der Waals surface area contributed by atoms with Crippen LogP contribution in [0.15, 0.2) is 0 Å². The summed E-state index contributed by atoms with van der Waals surface area (Å²) >= 11 is 0. The first-order valence-electron chi connectivity index (χ1n) is 6.81. The number of unbranched alkanes of at least 4 members (excludes halogenated alkanes) is 1. The molecule has 1 amide bonds. The molecule has 1 rings (SSSR count). The Hall–Kier alpha value is -1.10. The van der Waals surface area contributed by atoms with Gasteiger partial charge in [0.25, 0.3) is 0 Å². The first-order chi connectivity index (χ1) is 8.56. The third-order valence-electron chi connectivity index (χ3n) is 3.54. The van der Waals surface area contributed by atoms with E-state index < -0.39 is 5.97 Å². The fraction of sp³-hybridized carbons (Fsp3) is 0.846. The van der Waals surface area contributed by atoms with Crippen LogP contribution < -0.4 is 5.32 Å². The minimum Gasteiger partial charge on any atom is -0.481 e. The zero-order chi connectivity index (χ0) is 13.5. The zero-order valence-corrected chi connectivity index (χ0v) is 11.3. The molecule has 1 saturated heterocycles. The van der Waals surface area contributed by atoms with Gasteiger partial charge in [-0.05, 0) is 32.7 Å². The molecule has 0 aromatic heterocycles. The number of aliphatic carboxylic acids is 1. The number of rotatable bonds is 7. The lowest BCUT2D eigenvalue weighted by molar-refractivity contribution is -0.139. The molecule has 0 bridgehead atoms. The van der Waals surface area contributed by atoms with Gasteiger partial charge < -0.3 is 10.4 Å². The molecule has 0 spiro atoms. The summed E-state index contributed by atoms with van der Waals surface area (Å²) in [4.78, 5) is 24.7. The number of amides is 1. The molecule has 5 heteroatoms. The molecule has 2 atom stereocenters. The Labute approximate surface area is 109 Å². The number of carbonyl (C=O) groups is 2. The van der Waals surface area contributed by atoms with Gasteiger partial charge in [-0.25, -0.2) is 0 Å². The number of nitrogens with one attached hydrogen (secondary N) is 1. The highest BCUT2D eigenvalue weighted by molar-refractivity contribution is 5.81. The van der Waals surface area contributed by atoms with Crippen molar-refractivity contribution in [3.8, 4) is 0 Å². The Morgan fingerprint density at radius 3 is 2.83 bits per heavy atom. The van der Waals surface area contributed by atoms with E-state index in [1.807, 2.05) is 11.8 Å². The van der Waals surface area contributed by atoms with Gasteiger partial charge in [-0.2, -0.15) is 0 Å². The summed E-state index contributed by atoms with van der Waals surface area (Å²) in [6.45, 7) is 5.47. The third-order valence-corrected chi connectivity index (χ3v) is 3.54. The molecule has 0 aliphatic carbocycles. The van der Waals surface area contributed by atoms with Crippen LogP contribution in [0.3, 0.4) is 0 Å². The highest BCUT2D eigenvalue weighted by Crippen LogP contribution is 2.22. The fourth-order valence-corrected chi connectivity index (χ4v) is 2.48. The Morgan fingerprint density at radius 2 is 2.22 bits per heavy atom. The van der Waals surface area contributed by atoms with Crippen molar-refractivity contribution < 1.29 is 14.7 Å². The van der Waals surface area contributed by atoms with Gasteiger partial charge in [0.15, 0.2) is 0 Å². The van der Waals surface area contributed by atoms with E-state index in [2.05, 4.69) is 12.2 Å². The minimum atomic E-state index is -0.787. The Bertz CT molecular complexity index is 294. The Kier molecular flexibility index (Phi) is 6.12.